The van der Waals surface area contributed by atoms with E-state index in [9.17, 15) is 4.79 Å². The van der Waals surface area contributed by atoms with Crippen molar-refractivity contribution in [2.45, 2.75) is 37.4 Å². The monoisotopic (exact) mass is 242 g/mol. The molecule has 0 aromatic carbocycles. The molecule has 0 aromatic rings. The molecule has 5 heteroatoms. The highest BCUT2D eigenvalue weighted by Gasteiger charge is 2.42. The molecule has 2 fully saturated rings. The molecular weight excluding hydrogens is 220 g/mol. The van der Waals surface area contributed by atoms with Gasteiger partial charge in [-0.3, -0.25) is 4.79 Å². The Balaban J connectivity index is 2.01. The van der Waals surface area contributed by atoms with Gasteiger partial charge in [0.15, 0.2) is 0 Å². The van der Waals surface area contributed by atoms with Crippen LogP contribution in [0.25, 0.3) is 0 Å². The molecule has 17 heavy (non-hydrogen) atoms. The van der Waals surface area contributed by atoms with Crippen LogP contribution in [0.3, 0.4) is 0 Å². The van der Waals surface area contributed by atoms with Crippen LogP contribution in [0.4, 0.5) is 0 Å². The number of hydrogen-bond acceptors (Lipinski definition) is 4. The van der Waals surface area contributed by atoms with Crippen molar-refractivity contribution in [3.63, 3.8) is 0 Å². The zero-order chi connectivity index (χ0) is 12.3. The van der Waals surface area contributed by atoms with Crippen molar-refractivity contribution in [1.82, 2.24) is 4.90 Å². The quantitative estimate of drug-likeness (QED) is 0.747. The molecule has 0 radical (unpaired) electrons. The van der Waals surface area contributed by atoms with E-state index in [2.05, 4.69) is 0 Å². The first-order chi connectivity index (χ1) is 8.19. The van der Waals surface area contributed by atoms with Gasteiger partial charge in [0.25, 0.3) is 0 Å². The van der Waals surface area contributed by atoms with E-state index in [0.29, 0.717) is 6.54 Å². The molecule has 0 aromatic heterocycles. The summed E-state index contributed by atoms with van der Waals surface area (Å²) in [6.07, 6.45) is 4.10. The van der Waals surface area contributed by atoms with Crippen LogP contribution in [-0.2, 0) is 14.3 Å². The third kappa shape index (κ3) is 2.78. The Morgan fingerprint density at radius 1 is 1.65 bits per heavy atom. The van der Waals surface area contributed by atoms with Gasteiger partial charge in [0, 0.05) is 33.2 Å². The lowest BCUT2D eigenvalue weighted by Gasteiger charge is -2.46. The molecule has 0 saturated carbocycles. The molecule has 0 bridgehead atoms. The Labute approximate surface area is 102 Å². The molecule has 2 saturated heterocycles. The van der Waals surface area contributed by atoms with Crippen molar-refractivity contribution in [3.8, 4) is 0 Å². The minimum absolute atomic E-state index is 0.0206. The summed E-state index contributed by atoms with van der Waals surface area (Å²) in [7, 11) is 1.75. The van der Waals surface area contributed by atoms with Crippen LogP contribution < -0.4 is 5.73 Å². The number of piperidine rings is 1. The van der Waals surface area contributed by atoms with Gasteiger partial charge in [-0.15, -0.1) is 0 Å². The highest BCUT2D eigenvalue weighted by Crippen LogP contribution is 2.34. The second-order valence-electron chi connectivity index (χ2n) is 5.00. The van der Waals surface area contributed by atoms with Crippen LogP contribution in [0.15, 0.2) is 0 Å². The van der Waals surface area contributed by atoms with Crippen molar-refractivity contribution in [1.29, 1.82) is 0 Å². The van der Waals surface area contributed by atoms with Gasteiger partial charge in [-0.05, 0) is 19.3 Å². The Morgan fingerprint density at radius 2 is 2.47 bits per heavy atom. The summed E-state index contributed by atoms with van der Waals surface area (Å²) in [6.45, 7) is 2.29. The number of carbonyl (C=O) groups is 1. The van der Waals surface area contributed by atoms with Crippen molar-refractivity contribution >= 4 is 5.91 Å². The van der Waals surface area contributed by atoms with Gasteiger partial charge >= 0.3 is 0 Å². The van der Waals surface area contributed by atoms with Crippen molar-refractivity contribution in [2.24, 2.45) is 5.73 Å². The number of amides is 1. The molecule has 0 unspecified atom stereocenters. The molecule has 1 amide bonds. The van der Waals surface area contributed by atoms with Crippen LogP contribution in [0, 0.1) is 0 Å². The van der Waals surface area contributed by atoms with Crippen LogP contribution in [-0.4, -0.2) is 55.9 Å². The standard InChI is InChI=1S/C12H22N2O3/c1-16-10-3-6-17-12(7-10)4-2-5-14(9-12)11(15)8-13/h10H,2-9,13H2,1H3/t10-,12-/m0/s1. The minimum atomic E-state index is -0.192. The van der Waals surface area contributed by atoms with E-state index in [-0.39, 0.29) is 24.2 Å². The maximum Gasteiger partial charge on any atom is 0.236 e. The maximum atomic E-state index is 11.7. The maximum absolute atomic E-state index is 11.7. The van der Waals surface area contributed by atoms with Crippen molar-refractivity contribution < 1.29 is 14.3 Å². The van der Waals surface area contributed by atoms with E-state index < -0.39 is 0 Å². The highest BCUT2D eigenvalue weighted by atomic mass is 16.5. The molecule has 2 aliphatic heterocycles. The Kier molecular flexibility index (Phi) is 4.01. The van der Waals surface area contributed by atoms with Crippen LogP contribution in [0.1, 0.15) is 25.7 Å². The first-order valence-electron chi connectivity index (χ1n) is 6.34. The third-order valence-electron chi connectivity index (χ3n) is 3.85. The number of carbonyl (C=O) groups excluding carboxylic acids is 1. The van der Waals surface area contributed by atoms with Crippen LogP contribution in [0.2, 0.25) is 0 Å². The summed E-state index contributed by atoms with van der Waals surface area (Å²) < 4.78 is 11.4. The first kappa shape index (κ1) is 12.8. The van der Waals surface area contributed by atoms with E-state index in [4.69, 9.17) is 15.2 Å². The predicted octanol–water partition coefficient (Wildman–Crippen LogP) is 0.132. The number of methoxy groups -OCH3 is 1. The molecule has 1 spiro atoms. The summed E-state index contributed by atoms with van der Waals surface area (Å²) >= 11 is 0. The van der Waals surface area contributed by atoms with E-state index in [1.165, 1.54) is 0 Å². The first-order valence-corrected chi connectivity index (χ1v) is 6.34. The third-order valence-corrected chi connectivity index (χ3v) is 3.85. The highest BCUT2D eigenvalue weighted by molar-refractivity contribution is 5.78. The SMILES string of the molecule is CO[C@H]1CCO[C@@]2(CCCN(C(=O)CN)C2)C1. The molecule has 2 heterocycles. The summed E-state index contributed by atoms with van der Waals surface area (Å²) in [4.78, 5) is 13.5. The number of nitrogens with two attached hydrogens (primary N) is 1. The largest absolute Gasteiger partial charge is 0.381 e. The number of likely N-dealkylation sites (tertiary alicyclic amines) is 1. The van der Waals surface area contributed by atoms with Crippen molar-refractivity contribution in [2.75, 3.05) is 33.4 Å². The van der Waals surface area contributed by atoms with Gasteiger partial charge in [-0.1, -0.05) is 0 Å². The van der Waals surface area contributed by atoms with Gasteiger partial charge in [-0.25, -0.2) is 0 Å². The van der Waals surface area contributed by atoms with E-state index in [0.717, 1.165) is 38.8 Å². The van der Waals surface area contributed by atoms with E-state index >= 15 is 0 Å². The van der Waals surface area contributed by atoms with Gasteiger partial charge in [0.1, 0.15) is 0 Å². The second-order valence-corrected chi connectivity index (χ2v) is 5.00. The van der Waals surface area contributed by atoms with Crippen LogP contribution in [0.5, 0.6) is 0 Å². The van der Waals surface area contributed by atoms with E-state index in [1.54, 1.807) is 7.11 Å². The molecule has 2 rings (SSSR count). The number of hydrogen-bond donors (Lipinski definition) is 1. The van der Waals surface area contributed by atoms with E-state index in [1.807, 2.05) is 4.90 Å². The van der Waals surface area contributed by atoms with Crippen LogP contribution >= 0.6 is 0 Å². The van der Waals surface area contributed by atoms with Gasteiger partial charge in [-0.2, -0.15) is 0 Å². The topological polar surface area (TPSA) is 64.8 Å². The lowest BCUT2D eigenvalue weighted by Crippen LogP contribution is -2.56. The smallest absolute Gasteiger partial charge is 0.236 e. The molecule has 2 atom stereocenters. The molecule has 2 aliphatic rings. The fourth-order valence-electron chi connectivity index (χ4n) is 2.91. The summed E-state index contributed by atoms with van der Waals surface area (Å²) in [5.74, 6) is 0.0206. The molecular formula is C12H22N2O3. The summed E-state index contributed by atoms with van der Waals surface area (Å²) in [5, 5.41) is 0. The fraction of sp³-hybridized carbons (Fsp3) is 0.917. The normalized spacial score (nSPS) is 34.0. The van der Waals surface area contributed by atoms with Crippen molar-refractivity contribution in [3.05, 3.63) is 0 Å². The van der Waals surface area contributed by atoms with Gasteiger partial charge < -0.3 is 20.1 Å². The lowest BCUT2D eigenvalue weighted by atomic mass is 9.84. The molecule has 2 N–H and O–H groups in total. The molecule has 5 nitrogen and oxygen atoms in total. The minimum Gasteiger partial charge on any atom is -0.381 e. The Hall–Kier alpha value is -0.650. The average Bonchev–Trinajstić information content (AvgIpc) is 2.38. The number of rotatable bonds is 2. The molecule has 0 aliphatic carbocycles. The number of ether oxygens (including phenoxy) is 2. The van der Waals surface area contributed by atoms with Gasteiger partial charge in [0.05, 0.1) is 18.2 Å². The van der Waals surface area contributed by atoms with Gasteiger partial charge in [0.2, 0.25) is 5.91 Å². The Morgan fingerprint density at radius 3 is 3.18 bits per heavy atom. The summed E-state index contributed by atoms with van der Waals surface area (Å²) in [5.41, 5.74) is 5.23. The fourth-order valence-corrected chi connectivity index (χ4v) is 2.91. The Bertz CT molecular complexity index is 281. The average molecular weight is 242 g/mol. The predicted molar refractivity (Wildman–Crippen MR) is 63.6 cm³/mol. The zero-order valence-electron chi connectivity index (χ0n) is 10.5. The lowest BCUT2D eigenvalue weighted by molar-refractivity contribution is -0.163. The second kappa shape index (κ2) is 5.33. The summed E-state index contributed by atoms with van der Waals surface area (Å²) in [6, 6.07) is 0. The number of nitrogens with zero attached hydrogens (tertiary/aromatic N) is 1. The molecule has 98 valence electrons. The zero-order valence-corrected chi connectivity index (χ0v) is 10.5.